The number of hydrogen-bond donors (Lipinski definition) is 2. The van der Waals surface area contributed by atoms with Crippen molar-refractivity contribution < 1.29 is 23.1 Å². The molecule has 0 aliphatic heterocycles. The first-order valence-corrected chi connectivity index (χ1v) is 10.8. The number of sulfonamides is 1. The Bertz CT molecular complexity index is 877. The molecular formula is C16H17Cl2NO5S2. The summed E-state index contributed by atoms with van der Waals surface area (Å²) in [6.45, 7) is 2.30. The van der Waals surface area contributed by atoms with E-state index in [4.69, 9.17) is 27.9 Å². The summed E-state index contributed by atoms with van der Waals surface area (Å²) in [7, 11) is -3.91. The first-order chi connectivity index (χ1) is 12.2. The van der Waals surface area contributed by atoms with Crippen LogP contribution in [-0.4, -0.2) is 26.1 Å². The van der Waals surface area contributed by atoms with Gasteiger partial charge in [-0.3, -0.25) is 4.72 Å². The summed E-state index contributed by atoms with van der Waals surface area (Å²) >= 11 is 12.4. The fourth-order valence-electron chi connectivity index (χ4n) is 2.03. The maximum atomic E-state index is 12.3. The van der Waals surface area contributed by atoms with Crippen molar-refractivity contribution in [3.05, 3.63) is 39.2 Å². The molecule has 2 aromatic rings. The van der Waals surface area contributed by atoms with Crippen molar-refractivity contribution in [2.45, 2.75) is 30.4 Å². The molecule has 0 saturated carbocycles. The number of ether oxygens (including phenoxy) is 1. The molecule has 0 atom stereocenters. The van der Waals surface area contributed by atoms with Gasteiger partial charge in [0.05, 0.1) is 17.3 Å². The van der Waals surface area contributed by atoms with Crippen LogP contribution in [0.1, 0.15) is 36.5 Å². The summed E-state index contributed by atoms with van der Waals surface area (Å²) in [5, 5.41) is 10.1. The summed E-state index contributed by atoms with van der Waals surface area (Å²) in [6.07, 6.45) is 2.68. The Kier molecular flexibility index (Phi) is 7.16. The van der Waals surface area contributed by atoms with E-state index in [0.717, 1.165) is 36.7 Å². The van der Waals surface area contributed by atoms with Crippen LogP contribution in [0.4, 0.5) is 5.69 Å². The number of hydrogen-bond acceptors (Lipinski definition) is 6. The van der Waals surface area contributed by atoms with Crippen LogP contribution in [0.15, 0.2) is 28.5 Å². The molecule has 0 unspecified atom stereocenters. The lowest BCUT2D eigenvalue weighted by Gasteiger charge is -2.09. The van der Waals surface area contributed by atoms with Crippen LogP contribution >= 0.6 is 34.5 Å². The lowest BCUT2D eigenvalue weighted by molar-refractivity contribution is 0.0495. The molecule has 0 spiro atoms. The fraction of sp³-hybridized carbons (Fsp3) is 0.312. The van der Waals surface area contributed by atoms with Crippen molar-refractivity contribution in [2.75, 3.05) is 11.3 Å². The van der Waals surface area contributed by atoms with Gasteiger partial charge in [-0.2, -0.15) is 0 Å². The van der Waals surface area contributed by atoms with E-state index in [1.54, 1.807) is 0 Å². The predicted molar refractivity (Wildman–Crippen MR) is 103 cm³/mol. The summed E-state index contributed by atoms with van der Waals surface area (Å²) in [5.41, 5.74) is 0.0531. The Hall–Kier alpha value is -1.48. The second-order valence-electron chi connectivity index (χ2n) is 5.37. The first kappa shape index (κ1) is 20.8. The SMILES string of the molecule is CCCCCOC(=O)c1ccc(NS(=O)(=O)c2cc(Cl)c(Cl)s2)cc1O. The maximum absolute atomic E-state index is 12.3. The van der Waals surface area contributed by atoms with E-state index < -0.39 is 16.0 Å². The number of halogens is 2. The van der Waals surface area contributed by atoms with Crippen molar-refractivity contribution in [1.29, 1.82) is 0 Å². The highest BCUT2D eigenvalue weighted by Crippen LogP contribution is 2.35. The van der Waals surface area contributed by atoms with Gasteiger partial charge in [-0.05, 0) is 24.6 Å². The number of unbranched alkanes of at least 4 members (excludes halogenated alkanes) is 2. The molecule has 1 aromatic heterocycles. The number of aromatic hydroxyl groups is 1. The minimum absolute atomic E-state index is 0.0355. The minimum atomic E-state index is -3.91. The van der Waals surface area contributed by atoms with Crippen LogP contribution in [-0.2, 0) is 14.8 Å². The summed E-state index contributed by atoms with van der Waals surface area (Å²) < 4.78 is 32.1. The Balaban J connectivity index is 2.10. The molecule has 26 heavy (non-hydrogen) atoms. The van der Waals surface area contributed by atoms with Gasteiger partial charge < -0.3 is 9.84 Å². The topological polar surface area (TPSA) is 92.7 Å². The average Bonchev–Trinajstić information content (AvgIpc) is 2.91. The predicted octanol–water partition coefficient (Wildman–Crippen LogP) is 4.91. The Morgan fingerprint density at radius 2 is 2.00 bits per heavy atom. The van der Waals surface area contributed by atoms with E-state index in [9.17, 15) is 18.3 Å². The second kappa shape index (κ2) is 8.94. The van der Waals surface area contributed by atoms with E-state index in [1.165, 1.54) is 18.2 Å². The van der Waals surface area contributed by atoms with E-state index in [1.807, 2.05) is 6.92 Å². The molecule has 6 nitrogen and oxygen atoms in total. The Labute approximate surface area is 165 Å². The lowest BCUT2D eigenvalue weighted by Crippen LogP contribution is -2.12. The van der Waals surface area contributed by atoms with E-state index in [0.29, 0.717) is 0 Å². The van der Waals surface area contributed by atoms with Gasteiger partial charge in [0.15, 0.2) is 0 Å². The lowest BCUT2D eigenvalue weighted by atomic mass is 10.2. The van der Waals surface area contributed by atoms with Crippen molar-refractivity contribution in [2.24, 2.45) is 0 Å². The molecule has 0 aliphatic rings. The molecule has 0 amide bonds. The Morgan fingerprint density at radius 1 is 1.27 bits per heavy atom. The van der Waals surface area contributed by atoms with Crippen LogP contribution in [0.2, 0.25) is 9.36 Å². The van der Waals surface area contributed by atoms with Gasteiger partial charge in [0.25, 0.3) is 10.0 Å². The number of nitrogens with one attached hydrogen (secondary N) is 1. The highest BCUT2D eigenvalue weighted by molar-refractivity contribution is 7.94. The van der Waals surface area contributed by atoms with Crippen LogP contribution in [0.3, 0.4) is 0 Å². The first-order valence-electron chi connectivity index (χ1n) is 7.72. The number of phenols is 1. The summed E-state index contributed by atoms with van der Waals surface area (Å²) in [6, 6.07) is 5.02. The van der Waals surface area contributed by atoms with E-state index in [2.05, 4.69) is 4.72 Å². The number of carbonyl (C=O) groups is 1. The molecule has 1 aromatic carbocycles. The molecule has 0 saturated heterocycles. The van der Waals surface area contributed by atoms with Gasteiger partial charge in [0.1, 0.15) is 19.9 Å². The molecule has 0 aliphatic carbocycles. The van der Waals surface area contributed by atoms with Gasteiger partial charge in [-0.1, -0.05) is 43.0 Å². The number of thiophene rings is 1. The van der Waals surface area contributed by atoms with E-state index >= 15 is 0 Å². The van der Waals surface area contributed by atoms with Crippen LogP contribution < -0.4 is 4.72 Å². The molecule has 0 fully saturated rings. The maximum Gasteiger partial charge on any atom is 0.341 e. The monoisotopic (exact) mass is 437 g/mol. The Morgan fingerprint density at radius 3 is 2.58 bits per heavy atom. The summed E-state index contributed by atoms with van der Waals surface area (Å²) in [5.74, 6) is -1.04. The molecular weight excluding hydrogens is 421 g/mol. The third-order valence-electron chi connectivity index (χ3n) is 3.34. The van der Waals surface area contributed by atoms with Gasteiger partial charge in [-0.15, -0.1) is 11.3 Å². The summed E-state index contributed by atoms with van der Waals surface area (Å²) in [4.78, 5) is 11.9. The number of anilines is 1. The molecule has 1 heterocycles. The highest BCUT2D eigenvalue weighted by Gasteiger charge is 2.20. The zero-order valence-electron chi connectivity index (χ0n) is 13.8. The molecule has 142 valence electrons. The third kappa shape index (κ3) is 5.26. The highest BCUT2D eigenvalue weighted by atomic mass is 35.5. The van der Waals surface area contributed by atoms with Crippen molar-refractivity contribution in [3.63, 3.8) is 0 Å². The smallest absolute Gasteiger partial charge is 0.341 e. The normalized spacial score (nSPS) is 11.3. The standard InChI is InChI=1S/C16H17Cl2NO5S2/c1-2-3-4-7-24-16(21)11-6-5-10(8-13(11)20)19-26(22,23)14-9-12(17)15(18)25-14/h5-6,8-9,19-20H,2-4,7H2,1H3. The van der Waals surface area contributed by atoms with Gasteiger partial charge in [0, 0.05) is 6.07 Å². The zero-order chi connectivity index (χ0) is 19.3. The number of phenolic OH excluding ortho intramolecular Hbond substituents is 1. The van der Waals surface area contributed by atoms with Crippen LogP contribution in [0, 0.1) is 0 Å². The van der Waals surface area contributed by atoms with Gasteiger partial charge in [0.2, 0.25) is 0 Å². The number of carbonyl (C=O) groups excluding carboxylic acids is 1. The molecule has 0 bridgehead atoms. The molecule has 10 heteroatoms. The molecule has 2 rings (SSSR count). The van der Waals surface area contributed by atoms with Crippen molar-refractivity contribution in [1.82, 2.24) is 0 Å². The zero-order valence-corrected chi connectivity index (χ0v) is 16.9. The fourth-order valence-corrected chi connectivity index (χ4v) is 4.96. The molecule has 0 radical (unpaired) electrons. The van der Waals surface area contributed by atoms with Crippen LogP contribution in [0.25, 0.3) is 0 Å². The second-order valence-corrected chi connectivity index (χ2v) is 9.34. The average molecular weight is 438 g/mol. The largest absolute Gasteiger partial charge is 0.507 e. The number of esters is 1. The van der Waals surface area contributed by atoms with Crippen LogP contribution in [0.5, 0.6) is 5.75 Å². The third-order valence-corrected chi connectivity index (χ3v) is 7.06. The van der Waals surface area contributed by atoms with Crippen molar-refractivity contribution >= 4 is 56.2 Å². The van der Waals surface area contributed by atoms with Crippen molar-refractivity contribution in [3.8, 4) is 5.75 Å². The molecule has 2 N–H and O–H groups in total. The van der Waals surface area contributed by atoms with Gasteiger partial charge >= 0.3 is 5.97 Å². The number of benzene rings is 1. The number of rotatable bonds is 8. The quantitative estimate of drug-likeness (QED) is 0.451. The minimum Gasteiger partial charge on any atom is -0.507 e. The van der Waals surface area contributed by atoms with E-state index in [-0.39, 0.29) is 37.2 Å². The van der Waals surface area contributed by atoms with Gasteiger partial charge in [-0.25, -0.2) is 13.2 Å².